The highest BCUT2D eigenvalue weighted by atomic mass is 16.5. The van der Waals surface area contributed by atoms with Crippen molar-refractivity contribution in [2.45, 2.75) is 13.3 Å². The SMILES string of the molecule is CCC(=C(c1ccc(O)cc1)c1ccc(O)cc1)c1ccc(/C=C/C(=O)O)c(OC)c1. The Balaban J connectivity index is 2.23. The van der Waals surface area contributed by atoms with Crippen molar-refractivity contribution in [3.8, 4) is 17.2 Å². The van der Waals surface area contributed by atoms with Gasteiger partial charge in [0.1, 0.15) is 17.2 Å². The van der Waals surface area contributed by atoms with Crippen LogP contribution in [0.15, 0.2) is 72.8 Å². The molecule has 0 atom stereocenters. The fraction of sp³-hybridized carbons (Fsp3) is 0.115. The Morgan fingerprint density at radius 3 is 1.84 bits per heavy atom. The van der Waals surface area contributed by atoms with Gasteiger partial charge in [-0.1, -0.05) is 43.3 Å². The van der Waals surface area contributed by atoms with Crippen LogP contribution in [0.25, 0.3) is 17.2 Å². The molecule has 5 nitrogen and oxygen atoms in total. The van der Waals surface area contributed by atoms with Gasteiger partial charge in [0.15, 0.2) is 0 Å². The van der Waals surface area contributed by atoms with Gasteiger partial charge in [0, 0.05) is 11.6 Å². The minimum Gasteiger partial charge on any atom is -0.508 e. The van der Waals surface area contributed by atoms with Crippen molar-refractivity contribution < 1.29 is 24.9 Å². The standard InChI is InChI=1S/C26H24O5/c1-3-23(20-5-4-17(10-15-25(29)30)24(16-20)31-2)26(18-6-11-21(27)12-7-18)19-8-13-22(28)14-9-19/h4-16,27-28H,3H2,1-2H3,(H,29,30)/b15-10+. The predicted molar refractivity (Wildman–Crippen MR) is 122 cm³/mol. The van der Waals surface area contributed by atoms with Gasteiger partial charge in [-0.25, -0.2) is 4.79 Å². The lowest BCUT2D eigenvalue weighted by atomic mass is 9.87. The zero-order valence-electron chi connectivity index (χ0n) is 17.4. The highest BCUT2D eigenvalue weighted by Gasteiger charge is 2.15. The van der Waals surface area contributed by atoms with Crippen LogP contribution in [-0.4, -0.2) is 28.4 Å². The van der Waals surface area contributed by atoms with E-state index in [9.17, 15) is 15.0 Å². The molecule has 0 aliphatic rings. The van der Waals surface area contributed by atoms with E-state index >= 15 is 0 Å². The van der Waals surface area contributed by atoms with Gasteiger partial charge in [0.25, 0.3) is 0 Å². The molecule has 0 unspecified atom stereocenters. The molecular weight excluding hydrogens is 392 g/mol. The molecule has 0 saturated heterocycles. The van der Waals surface area contributed by atoms with E-state index in [0.29, 0.717) is 17.7 Å². The Morgan fingerprint density at radius 2 is 1.39 bits per heavy atom. The average molecular weight is 416 g/mol. The molecular formula is C26H24O5. The second-order valence-corrected chi connectivity index (χ2v) is 6.93. The Labute approximate surface area is 181 Å². The van der Waals surface area contributed by atoms with Crippen LogP contribution in [0.1, 0.15) is 35.6 Å². The van der Waals surface area contributed by atoms with E-state index in [-0.39, 0.29) is 11.5 Å². The number of hydrogen-bond donors (Lipinski definition) is 3. The number of phenols is 2. The van der Waals surface area contributed by atoms with Crippen molar-refractivity contribution in [2.75, 3.05) is 7.11 Å². The first kappa shape index (κ1) is 21.7. The maximum absolute atomic E-state index is 10.9. The van der Waals surface area contributed by atoms with E-state index < -0.39 is 5.97 Å². The smallest absolute Gasteiger partial charge is 0.328 e. The maximum atomic E-state index is 10.9. The summed E-state index contributed by atoms with van der Waals surface area (Å²) < 4.78 is 5.50. The summed E-state index contributed by atoms with van der Waals surface area (Å²) in [6.07, 6.45) is 3.29. The molecule has 0 aromatic heterocycles. The largest absolute Gasteiger partial charge is 0.508 e. The van der Waals surface area contributed by atoms with E-state index in [0.717, 1.165) is 33.9 Å². The number of carboxylic acids is 1. The number of carboxylic acid groups (broad SMARTS) is 1. The molecule has 0 saturated carbocycles. The van der Waals surface area contributed by atoms with Crippen LogP contribution in [-0.2, 0) is 4.79 Å². The van der Waals surface area contributed by atoms with Crippen LogP contribution in [0.4, 0.5) is 0 Å². The maximum Gasteiger partial charge on any atom is 0.328 e. The van der Waals surface area contributed by atoms with Crippen molar-refractivity contribution in [1.29, 1.82) is 0 Å². The minimum absolute atomic E-state index is 0.183. The number of allylic oxidation sites excluding steroid dienone is 1. The first-order valence-electron chi connectivity index (χ1n) is 9.84. The molecule has 0 spiro atoms. The third kappa shape index (κ3) is 5.14. The summed E-state index contributed by atoms with van der Waals surface area (Å²) in [6.45, 7) is 2.06. The molecule has 31 heavy (non-hydrogen) atoms. The van der Waals surface area contributed by atoms with Gasteiger partial charge in [0.2, 0.25) is 0 Å². The molecule has 3 aromatic rings. The molecule has 0 heterocycles. The molecule has 3 aromatic carbocycles. The zero-order chi connectivity index (χ0) is 22.4. The minimum atomic E-state index is -1.03. The lowest BCUT2D eigenvalue weighted by Gasteiger charge is -2.18. The molecule has 158 valence electrons. The lowest BCUT2D eigenvalue weighted by Crippen LogP contribution is -1.97. The van der Waals surface area contributed by atoms with Gasteiger partial charge in [-0.05, 0) is 70.7 Å². The summed E-state index contributed by atoms with van der Waals surface area (Å²) in [7, 11) is 1.55. The Morgan fingerprint density at radius 1 is 0.871 bits per heavy atom. The van der Waals surface area contributed by atoms with Crippen molar-refractivity contribution >= 4 is 23.2 Å². The van der Waals surface area contributed by atoms with Gasteiger partial charge < -0.3 is 20.1 Å². The van der Waals surface area contributed by atoms with Gasteiger partial charge in [-0.2, -0.15) is 0 Å². The number of rotatable bonds is 7. The van der Waals surface area contributed by atoms with Crippen LogP contribution in [0, 0.1) is 0 Å². The molecule has 0 amide bonds. The third-order valence-electron chi connectivity index (χ3n) is 4.95. The van der Waals surface area contributed by atoms with E-state index in [1.165, 1.54) is 6.08 Å². The first-order valence-corrected chi connectivity index (χ1v) is 9.84. The Bertz CT molecular complexity index is 1080. The van der Waals surface area contributed by atoms with Crippen LogP contribution in [0.3, 0.4) is 0 Å². The molecule has 0 aliphatic carbocycles. The predicted octanol–water partition coefficient (Wildman–Crippen LogP) is 5.57. The van der Waals surface area contributed by atoms with Crippen LogP contribution in [0.5, 0.6) is 17.2 Å². The summed E-state index contributed by atoms with van der Waals surface area (Å²) in [4.78, 5) is 10.9. The molecule has 3 N–H and O–H groups in total. The summed E-state index contributed by atoms with van der Waals surface area (Å²) in [5.41, 5.74) is 5.47. The number of benzene rings is 3. The van der Waals surface area contributed by atoms with Gasteiger partial charge >= 0.3 is 5.97 Å². The average Bonchev–Trinajstić information content (AvgIpc) is 2.77. The zero-order valence-corrected chi connectivity index (χ0v) is 17.4. The van der Waals surface area contributed by atoms with Crippen molar-refractivity contribution in [3.63, 3.8) is 0 Å². The summed E-state index contributed by atoms with van der Waals surface area (Å²) in [5.74, 6) is -0.0925. The summed E-state index contributed by atoms with van der Waals surface area (Å²) in [6, 6.07) is 19.6. The van der Waals surface area contributed by atoms with Crippen molar-refractivity contribution in [3.05, 3.63) is 95.1 Å². The molecule has 0 aliphatic heterocycles. The third-order valence-corrected chi connectivity index (χ3v) is 4.95. The van der Waals surface area contributed by atoms with Gasteiger partial charge in [-0.15, -0.1) is 0 Å². The van der Waals surface area contributed by atoms with Crippen molar-refractivity contribution in [2.24, 2.45) is 0 Å². The van der Waals surface area contributed by atoms with Gasteiger partial charge in [0.05, 0.1) is 7.11 Å². The quantitative estimate of drug-likeness (QED) is 0.346. The first-order chi connectivity index (χ1) is 14.9. The normalized spacial score (nSPS) is 10.8. The molecule has 0 bridgehead atoms. The molecule has 0 fully saturated rings. The van der Waals surface area contributed by atoms with Gasteiger partial charge in [-0.3, -0.25) is 0 Å². The molecule has 3 rings (SSSR count). The van der Waals surface area contributed by atoms with Crippen LogP contribution >= 0.6 is 0 Å². The number of phenolic OH excluding ortho intramolecular Hbond substituents is 2. The summed E-state index contributed by atoms with van der Waals surface area (Å²) in [5, 5.41) is 28.4. The number of ether oxygens (including phenoxy) is 1. The second kappa shape index (κ2) is 9.67. The van der Waals surface area contributed by atoms with E-state index in [1.807, 2.05) is 42.5 Å². The molecule has 0 radical (unpaired) electrons. The summed E-state index contributed by atoms with van der Waals surface area (Å²) >= 11 is 0. The number of aromatic hydroxyl groups is 2. The Hall–Kier alpha value is -3.99. The van der Waals surface area contributed by atoms with Crippen LogP contribution < -0.4 is 4.74 Å². The second-order valence-electron chi connectivity index (χ2n) is 6.93. The van der Waals surface area contributed by atoms with Crippen molar-refractivity contribution in [1.82, 2.24) is 0 Å². The fourth-order valence-corrected chi connectivity index (χ4v) is 3.49. The van der Waals surface area contributed by atoms with E-state index in [4.69, 9.17) is 9.84 Å². The topological polar surface area (TPSA) is 87.0 Å². The van der Waals surface area contributed by atoms with E-state index in [2.05, 4.69) is 6.92 Å². The highest BCUT2D eigenvalue weighted by molar-refractivity contribution is 5.99. The fourth-order valence-electron chi connectivity index (χ4n) is 3.49. The highest BCUT2D eigenvalue weighted by Crippen LogP contribution is 2.37. The molecule has 5 heteroatoms. The van der Waals surface area contributed by atoms with Crippen LogP contribution in [0.2, 0.25) is 0 Å². The number of aliphatic carboxylic acids is 1. The number of hydrogen-bond acceptors (Lipinski definition) is 4. The number of methoxy groups -OCH3 is 1. The number of carbonyl (C=O) groups is 1. The van der Waals surface area contributed by atoms with E-state index in [1.54, 1.807) is 31.4 Å². The Kier molecular flexibility index (Phi) is 6.78. The lowest BCUT2D eigenvalue weighted by molar-refractivity contribution is -0.131. The monoisotopic (exact) mass is 416 g/mol.